The minimum atomic E-state index is -0.0259. The van der Waals surface area contributed by atoms with Crippen LogP contribution in [0.2, 0.25) is 0 Å². The lowest BCUT2D eigenvalue weighted by atomic mass is 10.1. The summed E-state index contributed by atoms with van der Waals surface area (Å²) in [5, 5.41) is 8.09. The minimum absolute atomic E-state index is 0.0259. The standard InChI is InChI=1S/C22H23N5O2S2/c1-13-7-8-16-14(11-24-27(16)18-6-4-5-9-28-18)20(13)29-17-12-23-10-15-19(17)25-22(31-3)26-21(15)30-2/h7-8,10-12,18H,4-6,9H2,1-3H3. The van der Waals surface area contributed by atoms with E-state index in [-0.39, 0.29) is 6.23 Å². The first-order chi connectivity index (χ1) is 15.2. The summed E-state index contributed by atoms with van der Waals surface area (Å²) in [5.41, 5.74) is 2.79. The summed E-state index contributed by atoms with van der Waals surface area (Å²) in [7, 11) is 0. The lowest BCUT2D eigenvalue weighted by molar-refractivity contribution is -0.0366. The number of nitrogens with zero attached hydrogens (tertiary/aromatic N) is 5. The molecular weight excluding hydrogens is 430 g/mol. The monoisotopic (exact) mass is 453 g/mol. The molecule has 9 heteroatoms. The van der Waals surface area contributed by atoms with Gasteiger partial charge in [0.05, 0.1) is 28.7 Å². The molecule has 1 aliphatic heterocycles. The van der Waals surface area contributed by atoms with Crippen LogP contribution in [0.4, 0.5) is 0 Å². The fourth-order valence-corrected chi connectivity index (χ4v) is 4.86. The summed E-state index contributed by atoms with van der Waals surface area (Å²) < 4.78 is 14.4. The zero-order chi connectivity index (χ0) is 21.4. The van der Waals surface area contributed by atoms with E-state index in [1.54, 1.807) is 24.2 Å². The van der Waals surface area contributed by atoms with Crippen molar-refractivity contribution in [2.75, 3.05) is 19.1 Å². The first kappa shape index (κ1) is 20.5. The van der Waals surface area contributed by atoms with Crippen molar-refractivity contribution in [3.05, 3.63) is 36.3 Å². The second-order valence-corrected chi connectivity index (χ2v) is 8.98. The molecule has 1 aromatic carbocycles. The predicted molar refractivity (Wildman–Crippen MR) is 124 cm³/mol. The summed E-state index contributed by atoms with van der Waals surface area (Å²) >= 11 is 3.09. The number of hydrogen-bond donors (Lipinski definition) is 0. The molecule has 7 nitrogen and oxygen atoms in total. The Labute approximate surface area is 189 Å². The van der Waals surface area contributed by atoms with Crippen molar-refractivity contribution in [3.8, 4) is 11.5 Å². The molecular formula is C22H23N5O2S2. The normalized spacial score (nSPS) is 16.8. The van der Waals surface area contributed by atoms with E-state index in [0.717, 1.165) is 64.0 Å². The second-order valence-electron chi connectivity index (χ2n) is 7.41. The van der Waals surface area contributed by atoms with Crippen LogP contribution in [0, 0.1) is 6.92 Å². The topological polar surface area (TPSA) is 75.0 Å². The Kier molecular flexibility index (Phi) is 5.73. The Morgan fingerprint density at radius 2 is 1.97 bits per heavy atom. The van der Waals surface area contributed by atoms with Crippen LogP contribution < -0.4 is 4.74 Å². The SMILES string of the molecule is CSc1nc(SC)c2cncc(Oc3c(C)ccc4c3cnn4C3CCCCO3)c2n1. The van der Waals surface area contributed by atoms with Crippen molar-refractivity contribution in [1.82, 2.24) is 24.7 Å². The van der Waals surface area contributed by atoms with Crippen molar-refractivity contribution in [2.24, 2.45) is 0 Å². The van der Waals surface area contributed by atoms with Crippen LogP contribution in [0.1, 0.15) is 31.1 Å². The molecule has 0 amide bonds. The number of rotatable bonds is 5. The van der Waals surface area contributed by atoms with E-state index in [1.165, 1.54) is 11.8 Å². The van der Waals surface area contributed by atoms with Gasteiger partial charge < -0.3 is 9.47 Å². The molecule has 1 aliphatic rings. The van der Waals surface area contributed by atoms with Crippen LogP contribution in [0.15, 0.2) is 40.9 Å². The van der Waals surface area contributed by atoms with Gasteiger partial charge in [-0.3, -0.25) is 4.98 Å². The molecule has 1 atom stereocenters. The number of thioether (sulfide) groups is 2. The van der Waals surface area contributed by atoms with Gasteiger partial charge in [-0.15, -0.1) is 11.8 Å². The molecule has 5 rings (SSSR count). The molecule has 31 heavy (non-hydrogen) atoms. The third kappa shape index (κ3) is 3.75. The Morgan fingerprint density at radius 1 is 1.06 bits per heavy atom. The molecule has 0 aliphatic carbocycles. The summed E-state index contributed by atoms with van der Waals surface area (Å²) in [4.78, 5) is 13.7. The van der Waals surface area contributed by atoms with E-state index in [1.807, 2.05) is 30.3 Å². The smallest absolute Gasteiger partial charge is 0.189 e. The quantitative estimate of drug-likeness (QED) is 0.219. The van der Waals surface area contributed by atoms with Gasteiger partial charge in [-0.2, -0.15) is 5.10 Å². The number of hydrogen-bond acceptors (Lipinski definition) is 8. The molecule has 1 saturated heterocycles. The highest BCUT2D eigenvalue weighted by molar-refractivity contribution is 7.99. The summed E-state index contributed by atoms with van der Waals surface area (Å²) in [6, 6.07) is 4.15. The Balaban J connectivity index is 1.62. The maximum Gasteiger partial charge on any atom is 0.189 e. The molecule has 3 aromatic heterocycles. The van der Waals surface area contributed by atoms with Gasteiger partial charge in [-0.25, -0.2) is 14.6 Å². The van der Waals surface area contributed by atoms with Gasteiger partial charge >= 0.3 is 0 Å². The van der Waals surface area contributed by atoms with Gasteiger partial charge in [0.25, 0.3) is 0 Å². The highest BCUT2D eigenvalue weighted by Gasteiger charge is 2.21. The van der Waals surface area contributed by atoms with Gasteiger partial charge in [0, 0.05) is 12.8 Å². The highest BCUT2D eigenvalue weighted by Crippen LogP contribution is 2.38. The zero-order valence-corrected chi connectivity index (χ0v) is 19.3. The lowest BCUT2D eigenvalue weighted by Gasteiger charge is -2.23. The van der Waals surface area contributed by atoms with Crippen molar-refractivity contribution < 1.29 is 9.47 Å². The Hall–Kier alpha value is -2.36. The van der Waals surface area contributed by atoms with E-state index in [0.29, 0.717) is 10.9 Å². The third-order valence-electron chi connectivity index (χ3n) is 5.46. The minimum Gasteiger partial charge on any atom is -0.452 e. The third-order valence-corrected chi connectivity index (χ3v) is 6.71. The van der Waals surface area contributed by atoms with Crippen LogP contribution >= 0.6 is 23.5 Å². The van der Waals surface area contributed by atoms with E-state index in [4.69, 9.17) is 14.5 Å². The van der Waals surface area contributed by atoms with Crippen LogP contribution in [0.25, 0.3) is 21.8 Å². The van der Waals surface area contributed by atoms with Gasteiger partial charge in [0.2, 0.25) is 0 Å². The first-order valence-electron chi connectivity index (χ1n) is 10.2. The molecule has 0 saturated carbocycles. The summed E-state index contributed by atoms with van der Waals surface area (Å²) in [6.07, 6.45) is 12.6. The fraction of sp³-hybridized carbons (Fsp3) is 0.364. The molecule has 160 valence electrons. The van der Waals surface area contributed by atoms with E-state index in [9.17, 15) is 0 Å². The van der Waals surface area contributed by atoms with Crippen molar-refractivity contribution in [1.29, 1.82) is 0 Å². The molecule has 0 N–H and O–H groups in total. The first-order valence-corrected chi connectivity index (χ1v) is 12.6. The fourth-order valence-electron chi connectivity index (χ4n) is 3.89. The number of fused-ring (bicyclic) bond motifs is 2. The predicted octanol–water partition coefficient (Wildman–Crippen LogP) is 5.62. The zero-order valence-electron chi connectivity index (χ0n) is 17.7. The van der Waals surface area contributed by atoms with Gasteiger partial charge in [-0.1, -0.05) is 17.8 Å². The molecule has 1 unspecified atom stereocenters. The summed E-state index contributed by atoms with van der Waals surface area (Å²) in [6.45, 7) is 2.82. The number of pyridine rings is 1. The average Bonchev–Trinajstić information content (AvgIpc) is 3.25. The van der Waals surface area contributed by atoms with Crippen molar-refractivity contribution >= 4 is 45.3 Å². The van der Waals surface area contributed by atoms with Crippen LogP contribution in [-0.4, -0.2) is 43.9 Å². The van der Waals surface area contributed by atoms with Crippen molar-refractivity contribution in [3.63, 3.8) is 0 Å². The van der Waals surface area contributed by atoms with Gasteiger partial charge in [0.15, 0.2) is 17.1 Å². The van der Waals surface area contributed by atoms with Gasteiger partial charge in [-0.05, 0) is 50.3 Å². The molecule has 4 aromatic rings. The average molecular weight is 454 g/mol. The lowest BCUT2D eigenvalue weighted by Crippen LogP contribution is -2.18. The maximum absolute atomic E-state index is 6.47. The molecule has 1 fully saturated rings. The number of aromatic nitrogens is 5. The highest BCUT2D eigenvalue weighted by atomic mass is 32.2. The van der Waals surface area contributed by atoms with Crippen LogP contribution in [0.3, 0.4) is 0 Å². The Morgan fingerprint density at radius 3 is 2.74 bits per heavy atom. The number of aryl methyl sites for hydroxylation is 1. The van der Waals surface area contributed by atoms with E-state index >= 15 is 0 Å². The molecule has 4 heterocycles. The summed E-state index contributed by atoms with van der Waals surface area (Å²) in [5.74, 6) is 1.38. The number of benzene rings is 1. The van der Waals surface area contributed by atoms with Crippen LogP contribution in [0.5, 0.6) is 11.5 Å². The van der Waals surface area contributed by atoms with Crippen molar-refractivity contribution in [2.45, 2.75) is 42.6 Å². The van der Waals surface area contributed by atoms with E-state index in [2.05, 4.69) is 27.2 Å². The second kappa shape index (κ2) is 8.64. The molecule has 0 radical (unpaired) electrons. The van der Waals surface area contributed by atoms with Gasteiger partial charge in [0.1, 0.15) is 16.3 Å². The Bertz CT molecular complexity index is 1250. The molecule has 0 bridgehead atoms. The van der Waals surface area contributed by atoms with E-state index < -0.39 is 0 Å². The van der Waals surface area contributed by atoms with Crippen LogP contribution in [-0.2, 0) is 4.74 Å². The maximum atomic E-state index is 6.47. The largest absolute Gasteiger partial charge is 0.452 e. The molecule has 0 spiro atoms. The number of ether oxygens (including phenoxy) is 2.